The van der Waals surface area contributed by atoms with Crippen molar-refractivity contribution in [3.63, 3.8) is 0 Å². The van der Waals surface area contributed by atoms with Crippen molar-refractivity contribution >= 4 is 5.78 Å². The van der Waals surface area contributed by atoms with Gasteiger partial charge in [-0.2, -0.15) is 4.73 Å². The fourth-order valence-electron chi connectivity index (χ4n) is 5.04. The highest BCUT2D eigenvalue weighted by molar-refractivity contribution is 5.94. The minimum atomic E-state index is 0.257. The van der Waals surface area contributed by atoms with Crippen LogP contribution < -0.4 is 4.73 Å². The molecule has 0 N–H and O–H groups in total. The van der Waals surface area contributed by atoms with Gasteiger partial charge in [-0.3, -0.25) is 9.69 Å². The summed E-state index contributed by atoms with van der Waals surface area (Å²) in [6.45, 7) is 2.60. The number of aryl methyl sites for hydroxylation is 1. The van der Waals surface area contributed by atoms with Crippen molar-refractivity contribution in [3.05, 3.63) is 45.9 Å². The third-order valence-corrected chi connectivity index (χ3v) is 5.90. The van der Waals surface area contributed by atoms with E-state index in [0.717, 1.165) is 42.5 Å². The molecule has 116 valence electrons. The van der Waals surface area contributed by atoms with E-state index in [1.165, 1.54) is 16.7 Å². The zero-order valence-electron chi connectivity index (χ0n) is 13.2. The predicted molar refractivity (Wildman–Crippen MR) is 83.0 cm³/mol. The standard InChI is InChI=1S/C18H22N2O2/c1-11(21)13-5-6-15-16-4-3-12-9-20(22)8-7-14(12)18(16)19(2)10-17(13)15/h7-9,15-16,18H,3-6,10H2,1-2H3/t15-,16-,18+/m0/s1. The Morgan fingerprint density at radius 3 is 2.95 bits per heavy atom. The normalized spacial score (nSPS) is 30.7. The zero-order valence-corrected chi connectivity index (χ0v) is 13.2. The first-order chi connectivity index (χ1) is 10.6. The van der Waals surface area contributed by atoms with Gasteiger partial charge in [0.1, 0.15) is 0 Å². The van der Waals surface area contributed by atoms with Crippen LogP contribution in [0.5, 0.6) is 0 Å². The highest BCUT2D eigenvalue weighted by atomic mass is 16.5. The summed E-state index contributed by atoms with van der Waals surface area (Å²) >= 11 is 0. The average molecular weight is 298 g/mol. The molecule has 2 heterocycles. The number of carbonyl (C=O) groups is 1. The number of hydrogen-bond acceptors (Lipinski definition) is 3. The minimum absolute atomic E-state index is 0.257. The van der Waals surface area contributed by atoms with Crippen molar-refractivity contribution in [1.29, 1.82) is 0 Å². The number of likely N-dealkylation sites (N-methyl/N-ethyl adjacent to an activating group) is 1. The van der Waals surface area contributed by atoms with E-state index < -0.39 is 0 Å². The second-order valence-corrected chi connectivity index (χ2v) is 7.05. The van der Waals surface area contributed by atoms with E-state index in [4.69, 9.17) is 0 Å². The maximum absolute atomic E-state index is 11.9. The largest absolute Gasteiger partial charge is 0.619 e. The Kier molecular flexibility index (Phi) is 3.12. The minimum Gasteiger partial charge on any atom is -0.619 e. The number of Topliss-reactive ketones (excluding diaryl/α,β-unsaturated/α-hetero) is 1. The zero-order chi connectivity index (χ0) is 15.4. The Hall–Kier alpha value is -1.68. The summed E-state index contributed by atoms with van der Waals surface area (Å²) in [4.78, 5) is 14.3. The Bertz CT molecular complexity index is 680. The van der Waals surface area contributed by atoms with Crippen molar-refractivity contribution in [2.75, 3.05) is 13.6 Å². The number of nitrogens with zero attached hydrogens (tertiary/aromatic N) is 2. The first-order valence-corrected chi connectivity index (χ1v) is 8.21. The molecule has 22 heavy (non-hydrogen) atoms. The van der Waals surface area contributed by atoms with Crippen LogP contribution in [0.4, 0.5) is 0 Å². The van der Waals surface area contributed by atoms with Crippen molar-refractivity contribution in [3.8, 4) is 0 Å². The number of hydrogen-bond donors (Lipinski definition) is 0. The predicted octanol–water partition coefficient (Wildman–Crippen LogP) is 2.16. The molecule has 3 atom stereocenters. The first kappa shape index (κ1) is 13.9. The van der Waals surface area contributed by atoms with E-state index in [1.54, 1.807) is 19.3 Å². The summed E-state index contributed by atoms with van der Waals surface area (Å²) < 4.78 is 0.913. The molecule has 1 aromatic rings. The fraction of sp³-hybridized carbons (Fsp3) is 0.556. The van der Waals surface area contributed by atoms with Crippen molar-refractivity contribution in [1.82, 2.24) is 4.90 Å². The van der Waals surface area contributed by atoms with Crippen LogP contribution in [0.3, 0.4) is 0 Å². The topological polar surface area (TPSA) is 47.2 Å². The van der Waals surface area contributed by atoms with Crippen molar-refractivity contribution < 1.29 is 9.52 Å². The molecule has 3 aliphatic rings. The molecule has 0 unspecified atom stereocenters. The second-order valence-electron chi connectivity index (χ2n) is 7.05. The first-order valence-electron chi connectivity index (χ1n) is 8.21. The lowest BCUT2D eigenvalue weighted by molar-refractivity contribution is -0.606. The second kappa shape index (κ2) is 4.92. The van der Waals surface area contributed by atoms with Crippen LogP contribution in [0.1, 0.15) is 43.4 Å². The molecule has 1 fully saturated rings. The van der Waals surface area contributed by atoms with Crippen LogP contribution in [-0.2, 0) is 11.2 Å². The van der Waals surface area contributed by atoms with Crippen molar-refractivity contribution in [2.24, 2.45) is 11.8 Å². The van der Waals surface area contributed by atoms with E-state index in [1.807, 2.05) is 6.07 Å². The lowest BCUT2D eigenvalue weighted by atomic mass is 9.68. The number of pyridine rings is 1. The Morgan fingerprint density at radius 1 is 1.36 bits per heavy atom. The summed E-state index contributed by atoms with van der Waals surface area (Å²) in [5.74, 6) is 1.40. The Morgan fingerprint density at radius 2 is 2.18 bits per heavy atom. The molecule has 4 heteroatoms. The van der Waals surface area contributed by atoms with Gasteiger partial charge in [0.15, 0.2) is 18.2 Å². The van der Waals surface area contributed by atoms with Crippen LogP contribution in [0, 0.1) is 17.0 Å². The van der Waals surface area contributed by atoms with Gasteiger partial charge in [-0.1, -0.05) is 0 Å². The Labute approximate surface area is 131 Å². The number of piperidine rings is 1. The highest BCUT2D eigenvalue weighted by Gasteiger charge is 2.46. The lowest BCUT2D eigenvalue weighted by Gasteiger charge is -2.47. The van der Waals surface area contributed by atoms with Gasteiger partial charge >= 0.3 is 0 Å². The molecule has 0 bridgehead atoms. The van der Waals surface area contributed by atoms with E-state index in [-0.39, 0.29) is 5.78 Å². The molecular formula is C18H22N2O2. The van der Waals surface area contributed by atoms with Gasteiger partial charge in [0.2, 0.25) is 0 Å². The molecule has 0 aromatic carbocycles. The SMILES string of the molecule is CC(=O)C1=C2CN(C)[C@@H]3c4cc[n+]([O-])cc4CC[C@H]3[C@@H]2CC1. The molecule has 1 saturated heterocycles. The number of allylic oxidation sites excluding steroid dienone is 1. The summed E-state index contributed by atoms with van der Waals surface area (Å²) in [5.41, 5.74) is 5.00. The quantitative estimate of drug-likeness (QED) is 0.589. The lowest BCUT2D eigenvalue weighted by Crippen LogP contribution is -2.45. The number of ketones is 1. The maximum Gasteiger partial charge on any atom is 0.183 e. The maximum atomic E-state index is 11.9. The molecule has 0 radical (unpaired) electrons. The van der Waals surface area contributed by atoms with Crippen LogP contribution in [0.2, 0.25) is 0 Å². The number of carbonyl (C=O) groups excluding carboxylic acids is 1. The number of rotatable bonds is 1. The molecule has 0 amide bonds. The Balaban J connectivity index is 1.76. The van der Waals surface area contributed by atoms with E-state index in [2.05, 4.69) is 11.9 Å². The summed E-state index contributed by atoms with van der Waals surface area (Å²) in [6, 6.07) is 2.40. The van der Waals surface area contributed by atoms with Gasteiger partial charge in [-0.15, -0.1) is 0 Å². The smallest absolute Gasteiger partial charge is 0.183 e. The third kappa shape index (κ3) is 1.93. The molecule has 4 nitrogen and oxygen atoms in total. The van der Waals surface area contributed by atoms with Gasteiger partial charge in [0.25, 0.3) is 0 Å². The average Bonchev–Trinajstić information content (AvgIpc) is 2.90. The molecule has 2 aliphatic carbocycles. The summed E-state index contributed by atoms with van der Waals surface area (Å²) in [7, 11) is 2.16. The highest BCUT2D eigenvalue weighted by Crippen LogP contribution is 2.52. The van der Waals surface area contributed by atoms with Crippen LogP contribution in [0.25, 0.3) is 0 Å². The van der Waals surface area contributed by atoms with Gasteiger partial charge in [-0.05, 0) is 68.2 Å². The van der Waals surface area contributed by atoms with E-state index >= 15 is 0 Å². The summed E-state index contributed by atoms with van der Waals surface area (Å²) in [6.07, 6.45) is 7.53. The van der Waals surface area contributed by atoms with Gasteiger partial charge in [0, 0.05) is 24.2 Å². The monoisotopic (exact) mass is 298 g/mol. The van der Waals surface area contributed by atoms with Crippen LogP contribution in [0.15, 0.2) is 29.6 Å². The molecular weight excluding hydrogens is 276 g/mol. The molecule has 0 spiro atoms. The van der Waals surface area contributed by atoms with Crippen LogP contribution >= 0.6 is 0 Å². The van der Waals surface area contributed by atoms with Gasteiger partial charge < -0.3 is 5.21 Å². The van der Waals surface area contributed by atoms with Crippen LogP contribution in [-0.4, -0.2) is 24.3 Å². The molecule has 1 aliphatic heterocycles. The van der Waals surface area contributed by atoms with E-state index in [0.29, 0.717) is 17.9 Å². The number of aromatic nitrogens is 1. The third-order valence-electron chi connectivity index (χ3n) is 5.90. The van der Waals surface area contributed by atoms with Gasteiger partial charge in [-0.25, -0.2) is 0 Å². The number of fused-ring (bicyclic) bond motifs is 5. The number of likely N-dealkylation sites (tertiary alicyclic amines) is 1. The van der Waals surface area contributed by atoms with Crippen molar-refractivity contribution in [2.45, 2.75) is 38.6 Å². The molecule has 1 aromatic heterocycles. The van der Waals surface area contributed by atoms with Gasteiger partial charge in [0.05, 0.1) is 0 Å². The van der Waals surface area contributed by atoms with E-state index in [9.17, 15) is 10.0 Å². The fourth-order valence-corrected chi connectivity index (χ4v) is 5.04. The summed E-state index contributed by atoms with van der Waals surface area (Å²) in [5, 5.41) is 11.5. The molecule has 4 rings (SSSR count). The molecule has 0 saturated carbocycles.